The van der Waals surface area contributed by atoms with E-state index in [0.717, 1.165) is 40.8 Å². The molecule has 2 bridgehead atoms. The number of aliphatic hydroxyl groups is 1. The topological polar surface area (TPSA) is 62.2 Å². The molecule has 0 spiro atoms. The van der Waals surface area contributed by atoms with Crippen LogP contribution >= 0.6 is 11.6 Å². The monoisotopic (exact) mass is 616 g/mol. The summed E-state index contributed by atoms with van der Waals surface area (Å²) in [5.74, 6) is 1.46. The van der Waals surface area contributed by atoms with Crippen LogP contribution in [0.3, 0.4) is 0 Å². The van der Waals surface area contributed by atoms with E-state index in [4.69, 9.17) is 21.1 Å². The Morgan fingerprint density at radius 2 is 1.57 bits per heavy atom. The molecule has 3 aromatic rings. The first kappa shape index (κ1) is 30.9. The zero-order valence-electron chi connectivity index (χ0n) is 26.7. The van der Waals surface area contributed by atoms with Crippen LogP contribution in [0.5, 0.6) is 11.5 Å². The number of anilines is 1. The lowest BCUT2D eigenvalue weighted by Crippen LogP contribution is -2.50. The maximum atomic E-state index is 13.9. The van der Waals surface area contributed by atoms with Crippen LogP contribution in [0.15, 0.2) is 60.7 Å². The van der Waals surface area contributed by atoms with Gasteiger partial charge >= 0.3 is 0 Å². The van der Waals surface area contributed by atoms with Crippen molar-refractivity contribution in [1.82, 2.24) is 4.90 Å². The Balaban J connectivity index is 1.35. The molecule has 0 saturated carbocycles. The highest BCUT2D eigenvalue weighted by Gasteiger charge is 2.47. The third-order valence-electron chi connectivity index (χ3n) is 10.0. The second-order valence-electron chi connectivity index (χ2n) is 13.6. The number of halogens is 1. The maximum Gasteiger partial charge on any atom is 0.232 e. The molecule has 1 amide bonds. The van der Waals surface area contributed by atoms with Gasteiger partial charge in [-0.25, -0.2) is 0 Å². The predicted octanol–water partition coefficient (Wildman–Crippen LogP) is 7.67. The van der Waals surface area contributed by atoms with Gasteiger partial charge in [0.1, 0.15) is 0 Å². The maximum absolute atomic E-state index is 13.9. The fourth-order valence-corrected chi connectivity index (χ4v) is 8.17. The van der Waals surface area contributed by atoms with E-state index in [-0.39, 0.29) is 30.4 Å². The van der Waals surface area contributed by atoms with Gasteiger partial charge in [-0.2, -0.15) is 0 Å². The molecule has 0 aromatic heterocycles. The first-order valence-corrected chi connectivity index (χ1v) is 16.4. The van der Waals surface area contributed by atoms with E-state index >= 15 is 0 Å². The summed E-state index contributed by atoms with van der Waals surface area (Å²) in [5.41, 5.74) is 3.60. The number of fused-ring (bicyclic) bond motifs is 3. The van der Waals surface area contributed by atoms with Gasteiger partial charge in [-0.1, -0.05) is 35.9 Å². The number of hydrogen-bond acceptors (Lipinski definition) is 5. The Bertz CT molecular complexity index is 1490. The lowest BCUT2D eigenvalue weighted by molar-refractivity contribution is -0.118. The number of carbonyl (C=O) groups is 1. The summed E-state index contributed by atoms with van der Waals surface area (Å²) in [6.07, 6.45) is 4.66. The second-order valence-corrected chi connectivity index (χ2v) is 14.0. The smallest absolute Gasteiger partial charge is 0.232 e. The minimum absolute atomic E-state index is 0.00539. The van der Waals surface area contributed by atoms with Crippen molar-refractivity contribution in [2.75, 3.05) is 12.0 Å². The van der Waals surface area contributed by atoms with Gasteiger partial charge in [-0.15, -0.1) is 0 Å². The molecular formula is C37H45ClN2O4. The summed E-state index contributed by atoms with van der Waals surface area (Å²) in [4.78, 5) is 18.5. The van der Waals surface area contributed by atoms with E-state index in [2.05, 4.69) is 18.7 Å². The molecule has 6 nitrogen and oxygen atoms in total. The summed E-state index contributed by atoms with van der Waals surface area (Å²) in [7, 11) is 1.62. The number of methoxy groups -OCH3 is 1. The minimum Gasteiger partial charge on any atom is -0.493 e. The quantitative estimate of drug-likeness (QED) is 0.281. The number of hydrogen-bond donors (Lipinski definition) is 1. The molecule has 1 N–H and O–H groups in total. The zero-order valence-corrected chi connectivity index (χ0v) is 27.5. The van der Waals surface area contributed by atoms with Gasteiger partial charge in [-0.05, 0) is 125 Å². The minimum atomic E-state index is -0.948. The highest BCUT2D eigenvalue weighted by Crippen LogP contribution is 2.48. The van der Waals surface area contributed by atoms with Crippen molar-refractivity contribution in [3.8, 4) is 11.5 Å². The van der Waals surface area contributed by atoms with E-state index in [1.54, 1.807) is 7.11 Å². The van der Waals surface area contributed by atoms with Gasteiger partial charge in [0, 0.05) is 28.8 Å². The van der Waals surface area contributed by atoms with Gasteiger partial charge in [-0.3, -0.25) is 9.69 Å². The molecule has 7 heteroatoms. The number of rotatable bonds is 8. The van der Waals surface area contributed by atoms with Gasteiger partial charge < -0.3 is 19.5 Å². The Morgan fingerprint density at radius 1 is 0.932 bits per heavy atom. The molecule has 2 saturated heterocycles. The van der Waals surface area contributed by atoms with Crippen molar-refractivity contribution < 1.29 is 19.4 Å². The van der Waals surface area contributed by atoms with Crippen molar-refractivity contribution >= 4 is 23.2 Å². The van der Waals surface area contributed by atoms with Crippen LogP contribution < -0.4 is 14.4 Å². The summed E-state index contributed by atoms with van der Waals surface area (Å²) in [6.45, 7) is 10.5. The van der Waals surface area contributed by atoms with Gasteiger partial charge in [0.25, 0.3) is 0 Å². The van der Waals surface area contributed by atoms with Crippen LogP contribution in [-0.2, 0) is 16.8 Å². The summed E-state index contributed by atoms with van der Waals surface area (Å²) in [6, 6.07) is 20.9. The van der Waals surface area contributed by atoms with Crippen LogP contribution in [0.4, 0.5) is 5.69 Å². The Hall–Kier alpha value is -3.06. The molecule has 4 unspecified atom stereocenters. The Kier molecular flexibility index (Phi) is 8.46. The summed E-state index contributed by atoms with van der Waals surface area (Å²) in [5, 5.41) is 12.6. The largest absolute Gasteiger partial charge is 0.493 e. The lowest BCUT2D eigenvalue weighted by atomic mass is 9.74. The molecule has 0 radical (unpaired) electrons. The highest BCUT2D eigenvalue weighted by molar-refractivity contribution is 6.30. The molecule has 3 aromatic carbocycles. The molecule has 44 heavy (non-hydrogen) atoms. The van der Waals surface area contributed by atoms with Gasteiger partial charge in [0.15, 0.2) is 11.5 Å². The summed E-state index contributed by atoms with van der Waals surface area (Å²) < 4.78 is 11.8. The molecule has 3 heterocycles. The third-order valence-corrected chi connectivity index (χ3v) is 10.3. The molecule has 0 aliphatic carbocycles. The van der Waals surface area contributed by atoms with E-state index in [0.29, 0.717) is 34.6 Å². The molecule has 3 aliphatic heterocycles. The van der Waals surface area contributed by atoms with Gasteiger partial charge in [0.2, 0.25) is 5.91 Å². The average molecular weight is 617 g/mol. The molecule has 234 valence electrons. The first-order valence-electron chi connectivity index (χ1n) is 16.0. The molecule has 2 fully saturated rings. The number of nitrogens with zero attached hydrogens (tertiary/aromatic N) is 2. The number of amides is 1. The van der Waals surface area contributed by atoms with E-state index in [1.807, 2.05) is 86.3 Å². The van der Waals surface area contributed by atoms with E-state index < -0.39 is 5.60 Å². The number of ether oxygens (including phenoxy) is 2. The highest BCUT2D eigenvalue weighted by atomic mass is 35.5. The summed E-state index contributed by atoms with van der Waals surface area (Å²) >= 11 is 6.28. The molecular weight excluding hydrogens is 572 g/mol. The average Bonchev–Trinajstić information content (AvgIpc) is 3.26. The molecule has 3 aliphatic rings. The van der Waals surface area contributed by atoms with Crippen molar-refractivity contribution in [2.45, 2.75) is 103 Å². The van der Waals surface area contributed by atoms with Crippen LogP contribution in [0.2, 0.25) is 5.02 Å². The standard InChI is InChI=1S/C37H45ClN2O4/c1-22(2)39-30-15-16-31(39)20-27(19-30)37(5,42)26-9-13-29(14-10-26)40-35(41)18-25-17-33(43-6)34(44-23(3)4)21-32(25)36(40)24-7-11-28(38)12-8-24/h7-14,17,21-23,27,30-31,36,42H,15-16,18-20H2,1-6H3. The number of benzene rings is 3. The SMILES string of the molecule is COc1cc2c(cc1OC(C)C)C(c1ccc(Cl)cc1)N(c1ccc(C(C)(O)C3CC4CCC(C3)N4C(C)C)cc1)C(=O)C2. The number of piperidine rings is 1. The predicted molar refractivity (Wildman–Crippen MR) is 176 cm³/mol. The van der Waals surface area contributed by atoms with Crippen molar-refractivity contribution in [1.29, 1.82) is 0 Å². The van der Waals surface area contributed by atoms with Crippen LogP contribution in [-0.4, -0.2) is 47.3 Å². The van der Waals surface area contributed by atoms with Crippen molar-refractivity contribution in [3.63, 3.8) is 0 Å². The third kappa shape index (κ3) is 5.61. The molecule has 4 atom stereocenters. The zero-order chi connectivity index (χ0) is 31.3. The molecule has 6 rings (SSSR count). The van der Waals surface area contributed by atoms with E-state index in [9.17, 15) is 9.90 Å². The van der Waals surface area contributed by atoms with Crippen LogP contribution in [0.1, 0.15) is 88.6 Å². The lowest BCUT2D eigenvalue weighted by Gasteiger charge is -2.46. The van der Waals surface area contributed by atoms with Crippen LogP contribution in [0, 0.1) is 5.92 Å². The van der Waals surface area contributed by atoms with Crippen molar-refractivity contribution in [2.24, 2.45) is 5.92 Å². The van der Waals surface area contributed by atoms with Crippen molar-refractivity contribution in [3.05, 3.63) is 87.9 Å². The second kappa shape index (κ2) is 12.0. The fourth-order valence-electron chi connectivity index (χ4n) is 8.04. The Labute approximate surface area is 266 Å². The Morgan fingerprint density at radius 3 is 2.14 bits per heavy atom. The first-order chi connectivity index (χ1) is 21.0. The number of carbonyl (C=O) groups excluding carboxylic acids is 1. The fraction of sp³-hybridized carbons (Fsp3) is 0.486. The van der Waals surface area contributed by atoms with Crippen LogP contribution in [0.25, 0.3) is 0 Å². The van der Waals surface area contributed by atoms with Gasteiger partial charge in [0.05, 0.1) is 31.3 Å². The van der Waals surface area contributed by atoms with E-state index in [1.165, 1.54) is 12.8 Å². The normalized spacial score (nSPS) is 24.9.